The minimum absolute atomic E-state index is 0.0894. The van der Waals surface area contributed by atoms with Crippen LogP contribution in [0.2, 0.25) is 5.02 Å². The number of anilines is 1. The lowest BCUT2D eigenvalue weighted by Crippen LogP contribution is -2.29. The fraction of sp³-hybridized carbons (Fsp3) is 0.226. The smallest absolute Gasteiger partial charge is 0.301 e. The number of aliphatic hydroxyl groups is 1. The molecule has 12 heteroatoms. The second-order valence-electron chi connectivity index (χ2n) is 9.68. The van der Waals surface area contributed by atoms with Gasteiger partial charge in [-0.3, -0.25) is 14.5 Å². The van der Waals surface area contributed by atoms with E-state index in [1.54, 1.807) is 18.2 Å². The molecule has 1 amide bonds. The van der Waals surface area contributed by atoms with Gasteiger partial charge in [0.2, 0.25) is 10.9 Å². The zero-order chi connectivity index (χ0) is 30.8. The number of halogens is 1. The summed E-state index contributed by atoms with van der Waals surface area (Å²) >= 11 is 8.89. The third-order valence-electron chi connectivity index (χ3n) is 7.01. The molecule has 2 heterocycles. The number of ketones is 1. The van der Waals surface area contributed by atoms with Gasteiger partial charge in [0.1, 0.15) is 5.76 Å². The standard InChI is InChI=1S/C31H28ClN3O6S2/c1-16-10-11-17(2)20(12-16)26(36)24-25(19-13-22(39-3)28(41-5)23(14-19)40-4)35(29(38)27(24)37)30-33-34-31(43-30)42-15-18-8-6-7-9-21(18)32/h6-14,25,36H,15H2,1-5H3/b26-24+. The van der Waals surface area contributed by atoms with Gasteiger partial charge in [0, 0.05) is 16.3 Å². The van der Waals surface area contributed by atoms with E-state index in [2.05, 4.69) is 10.2 Å². The van der Waals surface area contributed by atoms with E-state index in [1.807, 2.05) is 50.2 Å². The molecule has 3 aromatic carbocycles. The van der Waals surface area contributed by atoms with Crippen LogP contribution in [0.1, 0.15) is 33.9 Å². The summed E-state index contributed by atoms with van der Waals surface area (Å²) in [5, 5.41) is 21.0. The van der Waals surface area contributed by atoms with Gasteiger partial charge < -0.3 is 19.3 Å². The second kappa shape index (κ2) is 12.7. The number of benzene rings is 3. The molecule has 1 N–H and O–H groups in total. The number of aryl methyl sites for hydroxylation is 2. The summed E-state index contributed by atoms with van der Waals surface area (Å²) in [6.45, 7) is 3.71. The van der Waals surface area contributed by atoms with Crippen LogP contribution in [-0.4, -0.2) is 48.3 Å². The van der Waals surface area contributed by atoms with Gasteiger partial charge in [-0.15, -0.1) is 10.2 Å². The molecule has 43 heavy (non-hydrogen) atoms. The van der Waals surface area contributed by atoms with Crippen LogP contribution in [0.4, 0.5) is 5.13 Å². The first-order chi connectivity index (χ1) is 20.7. The van der Waals surface area contributed by atoms with Gasteiger partial charge in [-0.1, -0.05) is 70.6 Å². The summed E-state index contributed by atoms with van der Waals surface area (Å²) in [6.07, 6.45) is 0. The molecule has 1 aliphatic rings. The number of carbonyl (C=O) groups is 2. The Kier molecular flexibility index (Phi) is 8.95. The zero-order valence-corrected chi connectivity index (χ0v) is 26.4. The van der Waals surface area contributed by atoms with Crippen LogP contribution in [-0.2, 0) is 15.3 Å². The van der Waals surface area contributed by atoms with E-state index in [1.165, 1.54) is 38.0 Å². The highest BCUT2D eigenvalue weighted by Gasteiger charge is 2.49. The van der Waals surface area contributed by atoms with Crippen LogP contribution < -0.4 is 19.1 Å². The fourth-order valence-corrected chi connectivity index (χ4v) is 7.01. The third kappa shape index (κ3) is 5.80. The predicted octanol–water partition coefficient (Wildman–Crippen LogP) is 6.75. The van der Waals surface area contributed by atoms with Crippen molar-refractivity contribution in [2.24, 2.45) is 0 Å². The molecule has 0 aliphatic carbocycles. The summed E-state index contributed by atoms with van der Waals surface area (Å²) in [6, 6.07) is 15.3. The molecule has 222 valence electrons. The van der Waals surface area contributed by atoms with Crippen LogP contribution >= 0.6 is 34.7 Å². The quantitative estimate of drug-likeness (QED) is 0.0700. The lowest BCUT2D eigenvalue weighted by Gasteiger charge is -2.24. The normalized spacial score (nSPS) is 16.0. The van der Waals surface area contributed by atoms with E-state index in [0.29, 0.717) is 43.5 Å². The van der Waals surface area contributed by atoms with Crippen molar-refractivity contribution in [3.05, 3.63) is 93.0 Å². The number of Topliss-reactive ketones (excluding diaryl/α,β-unsaturated/α-hetero) is 1. The second-order valence-corrected chi connectivity index (χ2v) is 12.3. The van der Waals surface area contributed by atoms with Gasteiger partial charge in [0.15, 0.2) is 15.8 Å². The lowest BCUT2D eigenvalue weighted by atomic mass is 9.93. The largest absolute Gasteiger partial charge is 0.507 e. The molecule has 0 bridgehead atoms. The number of amides is 1. The van der Waals surface area contributed by atoms with E-state index in [-0.39, 0.29) is 16.5 Å². The maximum absolute atomic E-state index is 13.7. The van der Waals surface area contributed by atoms with Crippen LogP contribution in [0.15, 0.2) is 64.5 Å². The average molecular weight is 638 g/mol. The Labute approximate surface area is 262 Å². The van der Waals surface area contributed by atoms with Crippen LogP contribution in [0.3, 0.4) is 0 Å². The molecular weight excluding hydrogens is 610 g/mol. The van der Waals surface area contributed by atoms with Crippen molar-refractivity contribution >= 4 is 57.3 Å². The average Bonchev–Trinajstić information content (AvgIpc) is 3.58. The maximum atomic E-state index is 13.7. The molecule has 0 saturated carbocycles. The number of ether oxygens (including phenoxy) is 3. The molecule has 5 rings (SSSR count). The van der Waals surface area contributed by atoms with Gasteiger partial charge in [0.05, 0.1) is 32.9 Å². The Morgan fingerprint density at radius 3 is 2.35 bits per heavy atom. The summed E-state index contributed by atoms with van der Waals surface area (Å²) in [4.78, 5) is 28.7. The summed E-state index contributed by atoms with van der Waals surface area (Å²) in [7, 11) is 4.43. The molecule has 9 nitrogen and oxygen atoms in total. The van der Waals surface area contributed by atoms with Crippen molar-refractivity contribution in [1.82, 2.24) is 10.2 Å². The minimum atomic E-state index is -1.07. The SMILES string of the molecule is COc1cc(C2/C(=C(\O)c3cc(C)ccc3C)C(=O)C(=O)N2c2nnc(SCc3ccccc3Cl)s2)cc(OC)c1OC. The van der Waals surface area contributed by atoms with Gasteiger partial charge in [0.25, 0.3) is 5.78 Å². The van der Waals surface area contributed by atoms with Crippen molar-refractivity contribution in [1.29, 1.82) is 0 Å². The number of nitrogens with zero attached hydrogens (tertiary/aromatic N) is 3. The number of methoxy groups -OCH3 is 3. The Balaban J connectivity index is 1.65. The first kappa shape index (κ1) is 30.4. The number of thioether (sulfide) groups is 1. The third-order valence-corrected chi connectivity index (χ3v) is 9.48. The van der Waals surface area contributed by atoms with E-state index in [4.69, 9.17) is 25.8 Å². The van der Waals surface area contributed by atoms with Crippen molar-refractivity contribution in [3.63, 3.8) is 0 Å². The number of hydrogen-bond donors (Lipinski definition) is 1. The van der Waals surface area contributed by atoms with Crippen molar-refractivity contribution in [3.8, 4) is 17.2 Å². The van der Waals surface area contributed by atoms with E-state index in [0.717, 1.165) is 28.0 Å². The lowest BCUT2D eigenvalue weighted by molar-refractivity contribution is -0.132. The fourth-order valence-electron chi connectivity index (χ4n) is 4.85. The molecular formula is C31H28ClN3O6S2. The summed E-state index contributed by atoms with van der Waals surface area (Å²) < 4.78 is 17.2. The highest BCUT2D eigenvalue weighted by molar-refractivity contribution is 8.00. The molecule has 1 aliphatic heterocycles. The number of aliphatic hydroxyl groups excluding tert-OH is 1. The van der Waals surface area contributed by atoms with Gasteiger partial charge in [-0.05, 0) is 54.8 Å². The number of hydrogen-bond acceptors (Lipinski definition) is 10. The van der Waals surface area contributed by atoms with Crippen molar-refractivity contribution in [2.75, 3.05) is 26.2 Å². The molecule has 0 spiro atoms. The number of rotatable bonds is 9. The Bertz CT molecular complexity index is 1730. The van der Waals surface area contributed by atoms with E-state index in [9.17, 15) is 14.7 Å². The zero-order valence-electron chi connectivity index (χ0n) is 24.0. The van der Waals surface area contributed by atoms with E-state index < -0.39 is 17.7 Å². The van der Waals surface area contributed by atoms with Crippen LogP contribution in [0.25, 0.3) is 5.76 Å². The first-order valence-corrected chi connectivity index (χ1v) is 15.2. The Morgan fingerprint density at radius 1 is 1.00 bits per heavy atom. The minimum Gasteiger partial charge on any atom is -0.507 e. The van der Waals surface area contributed by atoms with Gasteiger partial charge in [-0.2, -0.15) is 0 Å². The van der Waals surface area contributed by atoms with E-state index >= 15 is 0 Å². The first-order valence-electron chi connectivity index (χ1n) is 13.1. The van der Waals surface area contributed by atoms with Crippen LogP contribution in [0, 0.1) is 13.8 Å². The Hall–Kier alpha value is -4.06. The van der Waals surface area contributed by atoms with Gasteiger partial charge >= 0.3 is 5.91 Å². The highest BCUT2D eigenvalue weighted by atomic mass is 35.5. The van der Waals surface area contributed by atoms with Crippen molar-refractivity contribution in [2.45, 2.75) is 30.0 Å². The summed E-state index contributed by atoms with van der Waals surface area (Å²) in [5.74, 6) is -0.462. The molecule has 1 atom stereocenters. The Morgan fingerprint density at radius 2 is 1.70 bits per heavy atom. The molecule has 1 saturated heterocycles. The molecule has 1 aromatic heterocycles. The summed E-state index contributed by atoms with van der Waals surface area (Å²) in [5.41, 5.74) is 3.36. The van der Waals surface area contributed by atoms with Crippen LogP contribution in [0.5, 0.6) is 17.2 Å². The van der Waals surface area contributed by atoms with Gasteiger partial charge in [-0.25, -0.2) is 0 Å². The topological polar surface area (TPSA) is 111 Å². The highest BCUT2D eigenvalue weighted by Crippen LogP contribution is 2.48. The molecule has 1 unspecified atom stereocenters. The number of aromatic nitrogens is 2. The predicted molar refractivity (Wildman–Crippen MR) is 168 cm³/mol. The molecule has 1 fully saturated rings. The molecule has 4 aromatic rings. The maximum Gasteiger partial charge on any atom is 0.301 e. The monoisotopic (exact) mass is 637 g/mol. The molecule has 0 radical (unpaired) electrons. The number of carbonyl (C=O) groups excluding carboxylic acids is 2. The van der Waals surface area contributed by atoms with Crippen molar-refractivity contribution < 1.29 is 28.9 Å².